The summed E-state index contributed by atoms with van der Waals surface area (Å²) in [5.74, 6) is -4.83. The van der Waals surface area contributed by atoms with Gasteiger partial charge in [0.2, 0.25) is 21.7 Å². The summed E-state index contributed by atoms with van der Waals surface area (Å²) in [5.41, 5.74) is -0.723. The second-order valence-electron chi connectivity index (χ2n) is 11.7. The van der Waals surface area contributed by atoms with Crippen molar-refractivity contribution in [2.75, 3.05) is 39.3 Å². The van der Waals surface area contributed by atoms with E-state index in [0.29, 0.717) is 18.7 Å². The van der Waals surface area contributed by atoms with Crippen molar-refractivity contribution >= 4 is 33.7 Å². The number of hydrogen-bond donors (Lipinski definition) is 3. The molecule has 3 N–H and O–H groups in total. The lowest BCUT2D eigenvalue weighted by Gasteiger charge is -2.50. The standard InChI is InChI=1S/C28H36FN5O8S/c1-17-14-33(15-18(2)31-17)43(40,41)21-12-20(29)5-4-19(21)13-30-25(36)23-24(35)26(37)34-8-3-11-42-16-22(34)28(23)6-9-32(10-7-28)27(38)39/h4-5,12,16-18,23,31H,3,6-11,13-15H2,1-2H3,(H,30,36)(H,38,39). The van der Waals surface area contributed by atoms with Crippen molar-refractivity contribution in [1.29, 1.82) is 0 Å². The minimum absolute atomic E-state index is 0.0354. The lowest BCUT2D eigenvalue weighted by molar-refractivity contribution is -0.158. The number of carbonyl (C=O) groups is 4. The van der Waals surface area contributed by atoms with Gasteiger partial charge in [-0.15, -0.1) is 0 Å². The van der Waals surface area contributed by atoms with Crippen LogP contribution >= 0.6 is 0 Å². The molecule has 0 aliphatic carbocycles. The van der Waals surface area contributed by atoms with Crippen LogP contribution in [0.25, 0.3) is 0 Å². The Morgan fingerprint density at radius 2 is 1.81 bits per heavy atom. The van der Waals surface area contributed by atoms with E-state index in [0.717, 1.165) is 12.1 Å². The normalized spacial score (nSPS) is 26.3. The van der Waals surface area contributed by atoms with Gasteiger partial charge in [0.15, 0.2) is 0 Å². The zero-order chi connectivity index (χ0) is 31.1. The molecular formula is C28H36FN5O8S. The average Bonchev–Trinajstić information content (AvgIpc) is 3.22. The average molecular weight is 622 g/mol. The first-order chi connectivity index (χ1) is 20.3. The van der Waals surface area contributed by atoms with E-state index in [1.807, 2.05) is 13.8 Å². The largest absolute Gasteiger partial charge is 0.499 e. The van der Waals surface area contributed by atoms with Crippen molar-refractivity contribution in [2.45, 2.75) is 56.6 Å². The van der Waals surface area contributed by atoms with Crippen molar-refractivity contribution in [3.05, 3.63) is 41.5 Å². The van der Waals surface area contributed by atoms with E-state index >= 15 is 0 Å². The third-order valence-corrected chi connectivity index (χ3v) is 10.6. The van der Waals surface area contributed by atoms with Gasteiger partial charge >= 0.3 is 6.09 Å². The molecule has 4 aliphatic rings. The number of likely N-dealkylation sites (tertiary alicyclic amines) is 1. The number of Topliss-reactive ketones (excluding diaryl/α,β-unsaturated/α-hetero) is 1. The fourth-order valence-electron chi connectivity index (χ4n) is 6.70. The molecule has 5 rings (SSSR count). The third-order valence-electron chi connectivity index (χ3n) is 8.72. The van der Waals surface area contributed by atoms with Gasteiger partial charge in [-0.25, -0.2) is 17.6 Å². The number of piperidine rings is 2. The maximum atomic E-state index is 14.4. The van der Waals surface area contributed by atoms with Crippen LogP contribution < -0.4 is 10.6 Å². The van der Waals surface area contributed by atoms with Crippen LogP contribution in [0.3, 0.4) is 0 Å². The first-order valence-corrected chi connectivity index (χ1v) is 15.8. The number of rotatable bonds is 5. The highest BCUT2D eigenvalue weighted by atomic mass is 32.2. The minimum Gasteiger partial charge on any atom is -0.499 e. The number of amides is 3. The van der Waals surface area contributed by atoms with Crippen LogP contribution in [0.4, 0.5) is 9.18 Å². The zero-order valence-electron chi connectivity index (χ0n) is 24.0. The van der Waals surface area contributed by atoms with E-state index in [4.69, 9.17) is 4.74 Å². The molecule has 13 nitrogen and oxygen atoms in total. The number of piperazine rings is 1. The van der Waals surface area contributed by atoms with Gasteiger partial charge in [-0.1, -0.05) is 6.07 Å². The lowest BCUT2D eigenvalue weighted by atomic mass is 9.62. The number of nitrogens with zero attached hydrogens (tertiary/aromatic N) is 3. The number of allylic oxidation sites excluding steroid dienone is 1. The number of halogens is 1. The van der Waals surface area contributed by atoms with Crippen molar-refractivity contribution in [2.24, 2.45) is 11.3 Å². The molecule has 43 heavy (non-hydrogen) atoms. The summed E-state index contributed by atoms with van der Waals surface area (Å²) in [4.78, 5) is 54.5. The van der Waals surface area contributed by atoms with Crippen molar-refractivity contribution < 1.29 is 41.8 Å². The number of nitrogens with one attached hydrogen (secondary N) is 2. The number of carbonyl (C=O) groups excluding carboxylic acids is 3. The molecule has 0 saturated carbocycles. The maximum Gasteiger partial charge on any atom is 0.407 e. The number of fused-ring (bicyclic) bond motifs is 2. The highest BCUT2D eigenvalue weighted by Crippen LogP contribution is 2.50. The number of carboxylic acid groups (broad SMARTS) is 1. The minimum atomic E-state index is -4.15. The molecule has 3 amide bonds. The van der Waals surface area contributed by atoms with Crippen molar-refractivity contribution in [3.8, 4) is 0 Å². The molecule has 4 heterocycles. The molecule has 3 saturated heterocycles. The molecule has 234 valence electrons. The Morgan fingerprint density at radius 1 is 1.14 bits per heavy atom. The number of benzene rings is 1. The summed E-state index contributed by atoms with van der Waals surface area (Å²) < 4.78 is 48.6. The van der Waals surface area contributed by atoms with Gasteiger partial charge < -0.3 is 30.3 Å². The summed E-state index contributed by atoms with van der Waals surface area (Å²) in [6.07, 6.45) is 0.929. The van der Waals surface area contributed by atoms with E-state index in [1.165, 1.54) is 26.4 Å². The molecule has 0 aromatic heterocycles. The van der Waals surface area contributed by atoms with Crippen LogP contribution in [-0.2, 0) is 35.7 Å². The van der Waals surface area contributed by atoms with Gasteiger partial charge in [0, 0.05) is 56.8 Å². The summed E-state index contributed by atoms with van der Waals surface area (Å²) in [7, 11) is -4.15. The highest BCUT2D eigenvalue weighted by Gasteiger charge is 2.59. The molecule has 15 heteroatoms. The topological polar surface area (TPSA) is 166 Å². The number of ketones is 1. The zero-order valence-corrected chi connectivity index (χ0v) is 24.9. The van der Waals surface area contributed by atoms with E-state index in [-0.39, 0.29) is 74.7 Å². The molecule has 1 aromatic carbocycles. The van der Waals surface area contributed by atoms with E-state index < -0.39 is 50.9 Å². The summed E-state index contributed by atoms with van der Waals surface area (Å²) in [6, 6.07) is 3.02. The highest BCUT2D eigenvalue weighted by molar-refractivity contribution is 7.89. The number of sulfonamides is 1. The Kier molecular flexibility index (Phi) is 8.51. The Morgan fingerprint density at radius 3 is 2.47 bits per heavy atom. The van der Waals surface area contributed by atoms with Crippen LogP contribution in [0.5, 0.6) is 0 Å². The van der Waals surface area contributed by atoms with Crippen LogP contribution in [0, 0.1) is 17.2 Å². The number of hydrogen-bond acceptors (Lipinski definition) is 8. The second-order valence-corrected chi connectivity index (χ2v) is 13.6. The smallest absolute Gasteiger partial charge is 0.407 e. The van der Waals surface area contributed by atoms with E-state index in [1.54, 1.807) is 0 Å². The van der Waals surface area contributed by atoms with E-state index in [2.05, 4.69) is 10.6 Å². The van der Waals surface area contributed by atoms with Crippen LogP contribution in [0.2, 0.25) is 0 Å². The Balaban J connectivity index is 1.45. The van der Waals surface area contributed by atoms with Gasteiger partial charge in [-0.3, -0.25) is 14.4 Å². The van der Waals surface area contributed by atoms with Gasteiger partial charge in [0.25, 0.3) is 5.91 Å². The first-order valence-electron chi connectivity index (χ1n) is 14.3. The quantitative estimate of drug-likeness (QED) is 0.319. The predicted molar refractivity (Wildman–Crippen MR) is 149 cm³/mol. The SMILES string of the molecule is CC1CN(S(=O)(=O)c2cc(F)ccc2CNC(=O)C2C(=O)C(=O)N3CCCOC=C3C23CCN(C(=O)O)CC3)CC(C)N1. The molecule has 0 bridgehead atoms. The van der Waals surface area contributed by atoms with Crippen molar-refractivity contribution in [3.63, 3.8) is 0 Å². The van der Waals surface area contributed by atoms with Crippen LogP contribution in [0.1, 0.15) is 38.7 Å². The first kappa shape index (κ1) is 30.9. The molecule has 0 radical (unpaired) electrons. The van der Waals surface area contributed by atoms with Gasteiger partial charge in [-0.2, -0.15) is 4.31 Å². The molecular weight excluding hydrogens is 585 g/mol. The van der Waals surface area contributed by atoms with Crippen molar-refractivity contribution in [1.82, 2.24) is 24.7 Å². The number of ether oxygens (including phenoxy) is 1. The summed E-state index contributed by atoms with van der Waals surface area (Å²) >= 11 is 0. The molecule has 3 unspecified atom stereocenters. The Labute approximate surface area is 249 Å². The van der Waals surface area contributed by atoms with Crippen LogP contribution in [0.15, 0.2) is 35.1 Å². The van der Waals surface area contributed by atoms with Gasteiger partial charge in [0.1, 0.15) is 18.0 Å². The Bertz CT molecular complexity index is 1450. The monoisotopic (exact) mass is 621 g/mol. The Hall–Kier alpha value is -3.56. The van der Waals surface area contributed by atoms with Gasteiger partial charge in [-0.05, 0) is 50.8 Å². The second kappa shape index (κ2) is 11.8. The summed E-state index contributed by atoms with van der Waals surface area (Å²) in [6.45, 7) is 4.30. The molecule has 3 atom stereocenters. The molecule has 1 aromatic rings. The molecule has 3 fully saturated rings. The molecule has 1 spiro atoms. The van der Waals surface area contributed by atoms with E-state index in [9.17, 15) is 37.1 Å². The summed E-state index contributed by atoms with van der Waals surface area (Å²) in [5, 5.41) is 15.4. The maximum absolute atomic E-state index is 14.4. The van der Waals surface area contributed by atoms with Crippen LogP contribution in [-0.4, -0.2) is 103 Å². The molecule has 4 aliphatic heterocycles. The fourth-order valence-corrected chi connectivity index (χ4v) is 8.55. The predicted octanol–water partition coefficient (Wildman–Crippen LogP) is 0.862. The lowest BCUT2D eigenvalue weighted by Crippen LogP contribution is -2.62. The fraction of sp³-hybridized carbons (Fsp3) is 0.571. The van der Waals surface area contributed by atoms with Gasteiger partial charge in [0.05, 0.1) is 17.2 Å². The third kappa shape index (κ3) is 5.72.